The number of esters is 1. The van der Waals surface area contributed by atoms with Crippen molar-refractivity contribution in [2.45, 2.75) is 24.5 Å². The molecule has 1 aromatic rings. The fourth-order valence-electron chi connectivity index (χ4n) is 1.97. The molecule has 0 saturated carbocycles. The van der Waals surface area contributed by atoms with E-state index in [4.69, 9.17) is 9.84 Å². The summed E-state index contributed by atoms with van der Waals surface area (Å²) in [5.41, 5.74) is -1.29. The molecule has 1 saturated heterocycles. The molecule has 0 aromatic carbocycles. The number of ether oxygens (including phenoxy) is 2. The summed E-state index contributed by atoms with van der Waals surface area (Å²) < 4.78 is 10.5. The highest BCUT2D eigenvalue weighted by molar-refractivity contribution is 5.86. The van der Waals surface area contributed by atoms with Crippen LogP contribution in [0.25, 0.3) is 0 Å². The molecule has 0 radical (unpaired) electrons. The van der Waals surface area contributed by atoms with Gasteiger partial charge in [-0.25, -0.2) is 9.78 Å². The number of rotatable bonds is 3. The third kappa shape index (κ3) is 2.31. The van der Waals surface area contributed by atoms with E-state index >= 15 is 0 Å². The molecule has 0 spiro atoms. The molecule has 0 amide bonds. The average Bonchev–Trinajstić information content (AvgIpc) is 2.74. The zero-order valence-electron chi connectivity index (χ0n) is 10.5. The first-order chi connectivity index (χ1) is 9.51. The van der Waals surface area contributed by atoms with Gasteiger partial charge in [-0.15, -0.1) is 0 Å². The zero-order valence-corrected chi connectivity index (χ0v) is 10.5. The molecule has 4 atom stereocenters. The van der Waals surface area contributed by atoms with E-state index in [1.807, 2.05) is 0 Å². The van der Waals surface area contributed by atoms with Gasteiger partial charge in [0.1, 0.15) is 18.3 Å². The van der Waals surface area contributed by atoms with Gasteiger partial charge in [-0.2, -0.15) is 0 Å². The number of aliphatic hydroxyl groups excluding tert-OH is 3. The van der Waals surface area contributed by atoms with Gasteiger partial charge in [0.2, 0.25) is 5.69 Å². The quantitative estimate of drug-likeness (QED) is 0.526. The van der Waals surface area contributed by atoms with Crippen molar-refractivity contribution < 1.29 is 29.6 Å². The number of carbonyl (C=O) groups excluding carboxylic acids is 1. The van der Waals surface area contributed by atoms with Crippen LogP contribution < -0.4 is 5.56 Å². The van der Waals surface area contributed by atoms with Crippen molar-refractivity contribution >= 4 is 5.97 Å². The van der Waals surface area contributed by atoms with Gasteiger partial charge in [0.25, 0.3) is 5.56 Å². The van der Waals surface area contributed by atoms with Crippen LogP contribution in [0.15, 0.2) is 17.2 Å². The third-order valence-electron chi connectivity index (χ3n) is 3.04. The lowest BCUT2D eigenvalue weighted by molar-refractivity contribution is -0.0546. The van der Waals surface area contributed by atoms with Crippen molar-refractivity contribution in [2.75, 3.05) is 13.7 Å². The summed E-state index contributed by atoms with van der Waals surface area (Å²) in [4.78, 5) is 27.1. The lowest BCUT2D eigenvalue weighted by Crippen LogP contribution is -2.37. The summed E-state index contributed by atoms with van der Waals surface area (Å²) in [6, 6.07) is 0. The molecular weight excluding hydrogens is 272 g/mol. The predicted molar refractivity (Wildman–Crippen MR) is 62.8 cm³/mol. The minimum absolute atomic E-state index is 0.465. The molecule has 1 aliphatic rings. The van der Waals surface area contributed by atoms with Crippen LogP contribution in [0.2, 0.25) is 0 Å². The first-order valence-electron chi connectivity index (χ1n) is 5.79. The Hall–Kier alpha value is -1.81. The lowest BCUT2D eigenvalue weighted by Gasteiger charge is -2.17. The molecular formula is C11H14N2O7. The van der Waals surface area contributed by atoms with Crippen LogP contribution in [0.5, 0.6) is 0 Å². The number of carbonyl (C=O) groups is 1. The summed E-state index contributed by atoms with van der Waals surface area (Å²) >= 11 is 0. The Morgan fingerprint density at radius 2 is 2.20 bits per heavy atom. The van der Waals surface area contributed by atoms with Gasteiger partial charge in [0.05, 0.1) is 13.7 Å². The molecule has 0 bridgehead atoms. The van der Waals surface area contributed by atoms with E-state index in [0.717, 1.165) is 11.7 Å². The van der Waals surface area contributed by atoms with Gasteiger partial charge >= 0.3 is 5.97 Å². The zero-order chi connectivity index (χ0) is 14.9. The average molecular weight is 286 g/mol. The normalized spacial score (nSPS) is 29.4. The second kappa shape index (κ2) is 5.67. The van der Waals surface area contributed by atoms with Gasteiger partial charge in [-0.1, -0.05) is 0 Å². The Bertz CT molecular complexity index is 558. The van der Waals surface area contributed by atoms with Crippen LogP contribution in [0.4, 0.5) is 0 Å². The van der Waals surface area contributed by atoms with E-state index in [0.29, 0.717) is 0 Å². The topological polar surface area (TPSA) is 131 Å². The molecule has 1 fully saturated rings. The second-order valence-corrected chi connectivity index (χ2v) is 4.21. The molecule has 3 N–H and O–H groups in total. The number of aliphatic hydroxyl groups is 3. The Balaban J connectivity index is 2.40. The Kier molecular flexibility index (Phi) is 4.14. The van der Waals surface area contributed by atoms with E-state index < -0.39 is 48.4 Å². The molecule has 0 aliphatic carbocycles. The summed E-state index contributed by atoms with van der Waals surface area (Å²) in [7, 11) is 1.10. The van der Waals surface area contributed by atoms with Crippen molar-refractivity contribution in [2.24, 2.45) is 0 Å². The Morgan fingerprint density at radius 3 is 2.75 bits per heavy atom. The van der Waals surface area contributed by atoms with Crippen molar-refractivity contribution in [1.29, 1.82) is 0 Å². The summed E-state index contributed by atoms with van der Waals surface area (Å²) in [6.45, 7) is -0.515. The van der Waals surface area contributed by atoms with Gasteiger partial charge in [-0.05, 0) is 0 Å². The van der Waals surface area contributed by atoms with Crippen molar-refractivity contribution in [3.05, 3.63) is 28.4 Å². The van der Waals surface area contributed by atoms with E-state index in [9.17, 15) is 19.8 Å². The van der Waals surface area contributed by atoms with Crippen LogP contribution in [-0.4, -0.2) is 62.9 Å². The molecule has 9 heteroatoms. The largest absolute Gasteiger partial charge is 0.464 e. The molecule has 1 aliphatic heterocycles. The number of hydrogen-bond donors (Lipinski definition) is 3. The molecule has 1 aromatic heterocycles. The summed E-state index contributed by atoms with van der Waals surface area (Å²) in [6.07, 6.45) is -2.63. The highest BCUT2D eigenvalue weighted by Gasteiger charge is 2.43. The first kappa shape index (κ1) is 14.6. The highest BCUT2D eigenvalue weighted by atomic mass is 16.6. The van der Waals surface area contributed by atoms with Crippen LogP contribution in [-0.2, 0) is 9.47 Å². The van der Waals surface area contributed by atoms with Crippen LogP contribution in [0, 0.1) is 0 Å². The molecule has 4 unspecified atom stereocenters. The molecule has 2 rings (SSSR count). The maximum atomic E-state index is 12.1. The van der Waals surface area contributed by atoms with Gasteiger partial charge in [-0.3, -0.25) is 9.36 Å². The van der Waals surface area contributed by atoms with E-state index in [-0.39, 0.29) is 0 Å². The summed E-state index contributed by atoms with van der Waals surface area (Å²) in [5.74, 6) is -0.920. The second-order valence-electron chi connectivity index (χ2n) is 4.21. The maximum Gasteiger partial charge on any atom is 0.362 e. The van der Waals surface area contributed by atoms with Gasteiger partial charge in [0, 0.05) is 12.4 Å². The van der Waals surface area contributed by atoms with Crippen molar-refractivity contribution in [1.82, 2.24) is 9.55 Å². The maximum absolute atomic E-state index is 12.1. The Labute approximate surface area is 113 Å². The molecule has 9 nitrogen and oxygen atoms in total. The number of methoxy groups -OCH3 is 1. The van der Waals surface area contributed by atoms with E-state index in [1.165, 1.54) is 12.4 Å². The van der Waals surface area contributed by atoms with Gasteiger partial charge < -0.3 is 24.8 Å². The Morgan fingerprint density at radius 1 is 1.50 bits per heavy atom. The van der Waals surface area contributed by atoms with Crippen LogP contribution in [0.3, 0.4) is 0 Å². The van der Waals surface area contributed by atoms with Crippen LogP contribution in [0.1, 0.15) is 16.7 Å². The monoisotopic (exact) mass is 286 g/mol. The van der Waals surface area contributed by atoms with E-state index in [1.54, 1.807) is 0 Å². The lowest BCUT2D eigenvalue weighted by atomic mass is 10.1. The van der Waals surface area contributed by atoms with Crippen molar-refractivity contribution in [3.8, 4) is 0 Å². The van der Waals surface area contributed by atoms with Crippen molar-refractivity contribution in [3.63, 3.8) is 0 Å². The van der Waals surface area contributed by atoms with Gasteiger partial charge in [0.15, 0.2) is 6.23 Å². The SMILES string of the molecule is COC(=O)c1nccn(C2OC(CO)C(O)C2O)c1=O. The molecule has 2 heterocycles. The fraction of sp³-hybridized carbons (Fsp3) is 0.545. The number of nitrogens with zero attached hydrogens (tertiary/aromatic N) is 2. The number of aromatic nitrogens is 2. The smallest absolute Gasteiger partial charge is 0.362 e. The summed E-state index contributed by atoms with van der Waals surface area (Å²) in [5, 5.41) is 28.5. The number of hydrogen-bond acceptors (Lipinski definition) is 8. The standard InChI is InChI=1S/C11H14N2O7/c1-19-11(18)6-9(17)13(3-2-12-6)10-8(16)7(15)5(4-14)20-10/h2-3,5,7-8,10,14-16H,4H2,1H3. The highest BCUT2D eigenvalue weighted by Crippen LogP contribution is 2.27. The molecule has 20 heavy (non-hydrogen) atoms. The minimum atomic E-state index is -1.42. The first-order valence-corrected chi connectivity index (χ1v) is 5.79. The minimum Gasteiger partial charge on any atom is -0.464 e. The van der Waals surface area contributed by atoms with E-state index in [2.05, 4.69) is 9.72 Å². The van der Waals surface area contributed by atoms with Crippen LogP contribution >= 0.6 is 0 Å². The fourth-order valence-corrected chi connectivity index (χ4v) is 1.97. The predicted octanol–water partition coefficient (Wildman–Crippen LogP) is -2.36. The third-order valence-corrected chi connectivity index (χ3v) is 3.04. The molecule has 110 valence electrons.